The first-order valence-corrected chi connectivity index (χ1v) is 11.3. The third-order valence-corrected chi connectivity index (χ3v) is 5.14. The number of benzene rings is 3. The topological polar surface area (TPSA) is 106 Å². The van der Waals surface area contributed by atoms with Crippen LogP contribution in [0.1, 0.15) is 22.3 Å². The summed E-state index contributed by atoms with van der Waals surface area (Å²) in [6.45, 7) is 2.23. The summed E-state index contributed by atoms with van der Waals surface area (Å²) in [5.41, 5.74) is 8.34. The zero-order chi connectivity index (χ0) is 24.9. The highest BCUT2D eigenvalue weighted by Crippen LogP contribution is 2.06. The molecule has 3 rings (SSSR count). The molecule has 0 heterocycles. The second-order valence-electron chi connectivity index (χ2n) is 7.93. The van der Waals surface area contributed by atoms with Gasteiger partial charge < -0.3 is 14.8 Å². The highest BCUT2D eigenvalue weighted by Gasteiger charge is 2.22. The van der Waals surface area contributed by atoms with E-state index in [1.54, 1.807) is 0 Å². The molecule has 0 fully saturated rings. The lowest BCUT2D eigenvalue weighted by Gasteiger charge is -2.19. The van der Waals surface area contributed by atoms with Crippen molar-refractivity contribution in [2.45, 2.75) is 32.4 Å². The molecule has 0 spiro atoms. The Bertz CT molecular complexity index is 1090. The zero-order valence-corrected chi connectivity index (χ0v) is 19.5. The molecular formula is C27H29N3O5. The predicted octanol–water partition coefficient (Wildman–Crippen LogP) is 3.83. The molecule has 8 heteroatoms. The van der Waals surface area contributed by atoms with Crippen LogP contribution in [0, 0.1) is 6.92 Å². The van der Waals surface area contributed by atoms with Gasteiger partial charge in [-0.15, -0.1) is 0 Å². The van der Waals surface area contributed by atoms with Crippen LogP contribution in [0.4, 0.5) is 9.59 Å². The van der Waals surface area contributed by atoms with Crippen molar-refractivity contribution in [3.05, 3.63) is 107 Å². The molecule has 3 aromatic rings. The molecular weight excluding hydrogens is 446 g/mol. The second-order valence-corrected chi connectivity index (χ2v) is 7.93. The lowest BCUT2D eigenvalue weighted by atomic mass is 10.1. The van der Waals surface area contributed by atoms with Gasteiger partial charge in [0.2, 0.25) is 0 Å². The van der Waals surface area contributed by atoms with E-state index in [2.05, 4.69) is 16.2 Å². The van der Waals surface area contributed by atoms with Gasteiger partial charge in [-0.25, -0.2) is 15.0 Å². The third kappa shape index (κ3) is 9.21. The van der Waals surface area contributed by atoms with Gasteiger partial charge in [0, 0.05) is 12.8 Å². The van der Waals surface area contributed by atoms with Crippen molar-refractivity contribution >= 4 is 18.1 Å². The summed E-state index contributed by atoms with van der Waals surface area (Å²) in [7, 11) is 0. The normalized spacial score (nSPS) is 11.1. The fourth-order valence-electron chi connectivity index (χ4n) is 3.22. The summed E-state index contributed by atoms with van der Waals surface area (Å²) in [6, 6.07) is 25.3. The van der Waals surface area contributed by atoms with E-state index in [1.807, 2.05) is 91.9 Å². The largest absolute Gasteiger partial charge is 0.449 e. The average Bonchev–Trinajstić information content (AvgIpc) is 2.88. The van der Waals surface area contributed by atoms with Crippen molar-refractivity contribution in [3.8, 4) is 0 Å². The average molecular weight is 476 g/mol. The van der Waals surface area contributed by atoms with E-state index < -0.39 is 24.1 Å². The molecule has 0 aliphatic heterocycles. The SMILES string of the molecule is Cc1ccc(CCOC(=O)NC(Cc2ccccc2)C(=O)NNC(=O)OCc2ccccc2)cc1. The summed E-state index contributed by atoms with van der Waals surface area (Å²) in [6.07, 6.45) is -0.778. The standard InChI is InChI=1S/C27H29N3O5/c1-20-12-14-21(15-13-20)16-17-34-26(32)28-24(18-22-8-4-2-5-9-22)25(31)29-30-27(33)35-19-23-10-6-3-7-11-23/h2-15,24H,16-19H2,1H3,(H,28,32)(H,29,31)(H,30,33). The highest BCUT2D eigenvalue weighted by atomic mass is 16.6. The zero-order valence-electron chi connectivity index (χ0n) is 19.5. The van der Waals surface area contributed by atoms with Gasteiger partial charge in [-0.3, -0.25) is 10.2 Å². The molecule has 0 saturated carbocycles. The first kappa shape index (κ1) is 25.3. The molecule has 3 aromatic carbocycles. The summed E-state index contributed by atoms with van der Waals surface area (Å²) >= 11 is 0. The molecule has 1 atom stereocenters. The quantitative estimate of drug-likeness (QED) is 0.408. The fourth-order valence-corrected chi connectivity index (χ4v) is 3.22. The number of alkyl carbamates (subject to hydrolysis) is 1. The molecule has 0 aliphatic rings. The first-order chi connectivity index (χ1) is 17.0. The summed E-state index contributed by atoms with van der Waals surface area (Å²) in [5, 5.41) is 2.58. The van der Waals surface area contributed by atoms with Crippen LogP contribution < -0.4 is 16.2 Å². The van der Waals surface area contributed by atoms with Crippen LogP contribution >= 0.6 is 0 Å². The summed E-state index contributed by atoms with van der Waals surface area (Å²) < 4.78 is 10.3. The number of aryl methyl sites for hydroxylation is 1. The molecule has 0 saturated heterocycles. The predicted molar refractivity (Wildman–Crippen MR) is 131 cm³/mol. The summed E-state index contributed by atoms with van der Waals surface area (Å²) in [5.74, 6) is -0.610. The monoisotopic (exact) mass is 475 g/mol. The smallest absolute Gasteiger partial charge is 0.426 e. The van der Waals surface area contributed by atoms with Crippen LogP contribution in [0.5, 0.6) is 0 Å². The van der Waals surface area contributed by atoms with E-state index in [0.717, 1.165) is 22.3 Å². The highest BCUT2D eigenvalue weighted by molar-refractivity contribution is 5.87. The molecule has 3 amide bonds. The first-order valence-electron chi connectivity index (χ1n) is 11.3. The minimum Gasteiger partial charge on any atom is -0.449 e. The van der Waals surface area contributed by atoms with Crippen molar-refractivity contribution in [2.75, 3.05) is 6.61 Å². The maximum atomic E-state index is 12.7. The Morgan fingerprint density at radius 3 is 2.00 bits per heavy atom. The number of hydrogen-bond donors (Lipinski definition) is 3. The van der Waals surface area contributed by atoms with Gasteiger partial charge in [-0.1, -0.05) is 90.5 Å². The Hall–Kier alpha value is -4.33. The van der Waals surface area contributed by atoms with Crippen LogP contribution in [0.25, 0.3) is 0 Å². The minimum absolute atomic E-state index is 0.0571. The number of rotatable bonds is 9. The van der Waals surface area contributed by atoms with Crippen molar-refractivity contribution in [2.24, 2.45) is 0 Å². The van der Waals surface area contributed by atoms with Gasteiger partial charge in [0.25, 0.3) is 5.91 Å². The minimum atomic E-state index is -0.973. The van der Waals surface area contributed by atoms with Gasteiger partial charge in [0.05, 0.1) is 6.61 Å². The molecule has 8 nitrogen and oxygen atoms in total. The molecule has 0 aliphatic carbocycles. The van der Waals surface area contributed by atoms with Gasteiger partial charge in [-0.05, 0) is 23.6 Å². The summed E-state index contributed by atoms with van der Waals surface area (Å²) in [4.78, 5) is 37.1. The van der Waals surface area contributed by atoms with Gasteiger partial charge in [0.15, 0.2) is 0 Å². The number of hydrogen-bond acceptors (Lipinski definition) is 5. The van der Waals surface area contributed by atoms with Crippen LogP contribution in [-0.4, -0.2) is 30.7 Å². The van der Waals surface area contributed by atoms with Crippen molar-refractivity contribution < 1.29 is 23.9 Å². The second kappa shape index (κ2) is 13.4. The lowest BCUT2D eigenvalue weighted by Crippen LogP contribution is -2.53. The van der Waals surface area contributed by atoms with Crippen molar-refractivity contribution in [3.63, 3.8) is 0 Å². The number of carbonyl (C=O) groups excluding carboxylic acids is 3. The molecule has 0 bridgehead atoms. The van der Waals surface area contributed by atoms with Crippen molar-refractivity contribution in [1.82, 2.24) is 16.2 Å². The molecule has 0 radical (unpaired) electrons. The van der Waals surface area contributed by atoms with Crippen LogP contribution in [-0.2, 0) is 33.7 Å². The van der Waals surface area contributed by atoms with E-state index in [9.17, 15) is 14.4 Å². The number of carbonyl (C=O) groups is 3. The molecule has 3 N–H and O–H groups in total. The third-order valence-electron chi connectivity index (χ3n) is 5.14. The Morgan fingerprint density at radius 1 is 0.714 bits per heavy atom. The number of ether oxygens (including phenoxy) is 2. The van der Waals surface area contributed by atoms with Crippen LogP contribution in [0.3, 0.4) is 0 Å². The lowest BCUT2D eigenvalue weighted by molar-refractivity contribution is -0.124. The number of hydrazine groups is 1. The van der Waals surface area contributed by atoms with E-state index >= 15 is 0 Å². The van der Waals surface area contributed by atoms with Gasteiger partial charge in [-0.2, -0.15) is 0 Å². The fraction of sp³-hybridized carbons (Fsp3) is 0.222. The Labute approximate surface area is 204 Å². The van der Waals surface area contributed by atoms with Gasteiger partial charge >= 0.3 is 12.2 Å². The number of amides is 3. The van der Waals surface area contributed by atoms with Crippen LogP contribution in [0.15, 0.2) is 84.9 Å². The molecule has 0 aromatic heterocycles. The van der Waals surface area contributed by atoms with Gasteiger partial charge in [0.1, 0.15) is 12.6 Å². The number of nitrogens with one attached hydrogen (secondary N) is 3. The van der Waals surface area contributed by atoms with E-state index in [4.69, 9.17) is 9.47 Å². The molecule has 1 unspecified atom stereocenters. The Balaban J connectivity index is 1.49. The van der Waals surface area contributed by atoms with Crippen LogP contribution in [0.2, 0.25) is 0 Å². The van der Waals surface area contributed by atoms with Crippen molar-refractivity contribution in [1.29, 1.82) is 0 Å². The van der Waals surface area contributed by atoms with E-state index in [-0.39, 0.29) is 19.6 Å². The molecule has 182 valence electrons. The van der Waals surface area contributed by atoms with E-state index in [1.165, 1.54) is 0 Å². The maximum Gasteiger partial charge on any atom is 0.426 e. The Kier molecular flexibility index (Phi) is 9.68. The molecule has 35 heavy (non-hydrogen) atoms. The van der Waals surface area contributed by atoms with E-state index in [0.29, 0.717) is 6.42 Å². The Morgan fingerprint density at radius 2 is 1.34 bits per heavy atom. The maximum absolute atomic E-state index is 12.7.